The van der Waals surface area contributed by atoms with E-state index < -0.39 is 41.4 Å². The van der Waals surface area contributed by atoms with Crippen molar-refractivity contribution in [1.29, 1.82) is 0 Å². The highest BCUT2D eigenvalue weighted by molar-refractivity contribution is 5.48. The Balaban J connectivity index is 1.43. The van der Waals surface area contributed by atoms with Crippen LogP contribution in [0.3, 0.4) is 0 Å². The molecule has 3 aliphatic rings. The van der Waals surface area contributed by atoms with Crippen molar-refractivity contribution < 1.29 is 35.8 Å². The van der Waals surface area contributed by atoms with E-state index in [0.717, 1.165) is 24.8 Å². The van der Waals surface area contributed by atoms with Crippen LogP contribution in [0.2, 0.25) is 0 Å². The normalized spacial score (nSPS) is 30.3. The van der Waals surface area contributed by atoms with E-state index in [-0.39, 0.29) is 30.6 Å². The topological polar surface area (TPSA) is 21.8 Å². The van der Waals surface area contributed by atoms with Crippen LogP contribution >= 0.6 is 0 Å². The van der Waals surface area contributed by atoms with E-state index in [2.05, 4.69) is 6.92 Å². The number of hydrogen-bond donors (Lipinski definition) is 0. The summed E-state index contributed by atoms with van der Waals surface area (Å²) in [5.41, 5.74) is -2.21. The van der Waals surface area contributed by atoms with Crippen LogP contribution in [0, 0.1) is 36.4 Å². The molecule has 0 radical (unpaired) electrons. The molecule has 2 nitrogen and oxygen atoms in total. The smallest absolute Gasteiger partial charge is 0.422 e. The Morgan fingerprint density at radius 1 is 0.941 bits per heavy atom. The lowest BCUT2D eigenvalue weighted by Crippen LogP contribution is -2.39. The molecule has 1 atom stereocenters. The first kappa shape index (κ1) is 25.6. The number of ether oxygens (including phenoxy) is 2. The summed E-state index contributed by atoms with van der Waals surface area (Å²) < 4.78 is 95.7. The van der Waals surface area contributed by atoms with Crippen molar-refractivity contribution in [3.63, 3.8) is 0 Å². The van der Waals surface area contributed by atoms with Gasteiger partial charge in [0.15, 0.2) is 0 Å². The minimum absolute atomic E-state index is 0.105. The maximum absolute atomic E-state index is 15.1. The van der Waals surface area contributed by atoms with E-state index in [4.69, 9.17) is 9.47 Å². The third-order valence-corrected chi connectivity index (χ3v) is 8.13. The van der Waals surface area contributed by atoms with Crippen molar-refractivity contribution in [3.8, 4) is 5.75 Å². The Labute approximate surface area is 197 Å². The number of rotatable bonds is 7. The van der Waals surface area contributed by atoms with E-state index in [1.54, 1.807) is 0 Å². The monoisotopic (exact) mass is 492 g/mol. The average molecular weight is 493 g/mol. The predicted molar refractivity (Wildman–Crippen MR) is 116 cm³/mol. The largest absolute Gasteiger partial charge is 0.431 e. The molecule has 0 amide bonds. The summed E-state index contributed by atoms with van der Waals surface area (Å²) in [7, 11) is 0. The van der Waals surface area contributed by atoms with E-state index in [9.17, 15) is 17.6 Å². The van der Waals surface area contributed by atoms with Gasteiger partial charge in [0.2, 0.25) is 0 Å². The van der Waals surface area contributed by atoms with Crippen molar-refractivity contribution in [2.75, 3.05) is 6.61 Å². The fraction of sp³-hybridized carbons (Fsp3) is 0.769. The number of hydrogen-bond acceptors (Lipinski definition) is 2. The van der Waals surface area contributed by atoms with Crippen molar-refractivity contribution >= 4 is 0 Å². The van der Waals surface area contributed by atoms with Crippen molar-refractivity contribution in [1.82, 2.24) is 0 Å². The van der Waals surface area contributed by atoms with E-state index in [0.29, 0.717) is 24.7 Å². The van der Waals surface area contributed by atoms with Gasteiger partial charge in [0, 0.05) is 5.56 Å². The van der Waals surface area contributed by atoms with Crippen LogP contribution in [-0.4, -0.2) is 12.7 Å². The standard InChI is InChI=1S/C26H34F6O2/c1-3-4-16-5-7-17(8-6-16)18-9-11-19(12-10-18)26(31,32)34-24-15(2)13-20(21-14-33-21)23(27)22(24)25(28,29)30/h13,16-19,21H,3-12,14H2,1-2H3. The zero-order valence-electron chi connectivity index (χ0n) is 19.8. The third-order valence-electron chi connectivity index (χ3n) is 8.13. The number of alkyl halides is 5. The molecule has 0 N–H and O–H groups in total. The van der Waals surface area contributed by atoms with Gasteiger partial charge >= 0.3 is 12.3 Å². The van der Waals surface area contributed by atoms with Gasteiger partial charge in [-0.1, -0.05) is 32.6 Å². The van der Waals surface area contributed by atoms with E-state index in [1.807, 2.05) is 0 Å². The molecule has 0 spiro atoms. The Bertz CT molecular complexity index is 848. The first-order valence-corrected chi connectivity index (χ1v) is 12.6. The Hall–Kier alpha value is -1.44. The molecular weight excluding hydrogens is 458 g/mol. The second-order valence-corrected chi connectivity index (χ2v) is 10.5. The molecule has 34 heavy (non-hydrogen) atoms. The van der Waals surface area contributed by atoms with Crippen LogP contribution < -0.4 is 4.74 Å². The lowest BCUT2D eigenvalue weighted by Gasteiger charge is -2.39. The van der Waals surface area contributed by atoms with Crippen LogP contribution in [0.1, 0.15) is 93.9 Å². The Morgan fingerprint density at radius 2 is 1.50 bits per heavy atom. The van der Waals surface area contributed by atoms with Gasteiger partial charge in [-0.25, -0.2) is 4.39 Å². The highest BCUT2D eigenvalue weighted by Crippen LogP contribution is 2.49. The van der Waals surface area contributed by atoms with Gasteiger partial charge in [0.25, 0.3) is 0 Å². The fourth-order valence-electron chi connectivity index (χ4n) is 6.15. The van der Waals surface area contributed by atoms with E-state index in [1.165, 1.54) is 32.6 Å². The third kappa shape index (κ3) is 5.52. The van der Waals surface area contributed by atoms with Crippen LogP contribution in [0.15, 0.2) is 6.07 Å². The second-order valence-electron chi connectivity index (χ2n) is 10.5. The predicted octanol–water partition coefficient (Wildman–Crippen LogP) is 8.61. The molecule has 1 unspecified atom stereocenters. The molecule has 4 rings (SSSR count). The number of aryl methyl sites for hydroxylation is 1. The molecule has 0 bridgehead atoms. The average Bonchev–Trinajstić information content (AvgIpc) is 3.61. The maximum Gasteiger partial charge on any atom is 0.422 e. The molecule has 1 aliphatic heterocycles. The second kappa shape index (κ2) is 9.90. The number of halogens is 6. The highest BCUT2D eigenvalue weighted by atomic mass is 19.4. The molecule has 0 aromatic heterocycles. The van der Waals surface area contributed by atoms with Gasteiger partial charge in [-0.05, 0) is 74.8 Å². The molecule has 2 saturated carbocycles. The molecule has 1 saturated heterocycles. The summed E-state index contributed by atoms with van der Waals surface area (Å²) in [5, 5.41) is 0. The molecule has 192 valence electrons. The molecule has 2 aliphatic carbocycles. The summed E-state index contributed by atoms with van der Waals surface area (Å²) in [5.74, 6) is -2.18. The zero-order chi connectivity index (χ0) is 24.7. The Morgan fingerprint density at radius 3 is 2.00 bits per heavy atom. The zero-order valence-corrected chi connectivity index (χ0v) is 19.8. The summed E-state index contributed by atoms with van der Waals surface area (Å²) in [6.45, 7) is 3.53. The van der Waals surface area contributed by atoms with Crippen molar-refractivity contribution in [2.24, 2.45) is 23.7 Å². The van der Waals surface area contributed by atoms with Crippen molar-refractivity contribution in [2.45, 2.75) is 96.4 Å². The molecule has 1 aromatic carbocycles. The molecule has 1 heterocycles. The summed E-state index contributed by atoms with van der Waals surface area (Å²) in [6, 6.07) is 1.12. The summed E-state index contributed by atoms with van der Waals surface area (Å²) in [6.07, 6.45) is -0.992. The van der Waals surface area contributed by atoms with Gasteiger partial charge in [-0.3, -0.25) is 0 Å². The van der Waals surface area contributed by atoms with Gasteiger partial charge in [-0.15, -0.1) is 0 Å². The molecule has 1 aromatic rings. The fourth-order valence-corrected chi connectivity index (χ4v) is 6.15. The molecular formula is C26H34F6O2. The SMILES string of the molecule is CCCC1CCC(C2CCC(C(F)(F)Oc3c(C)cc(C4CO4)c(F)c3C(F)(F)F)CC2)CC1. The summed E-state index contributed by atoms with van der Waals surface area (Å²) >= 11 is 0. The van der Waals surface area contributed by atoms with Crippen LogP contribution in [0.4, 0.5) is 26.3 Å². The molecule has 8 heteroatoms. The van der Waals surface area contributed by atoms with Crippen LogP contribution in [-0.2, 0) is 10.9 Å². The van der Waals surface area contributed by atoms with Crippen LogP contribution in [0.25, 0.3) is 0 Å². The van der Waals surface area contributed by atoms with Crippen molar-refractivity contribution in [3.05, 3.63) is 28.6 Å². The number of epoxide rings is 1. The lowest BCUT2D eigenvalue weighted by atomic mass is 9.68. The minimum atomic E-state index is -5.17. The van der Waals surface area contributed by atoms with E-state index >= 15 is 8.78 Å². The van der Waals surface area contributed by atoms with Gasteiger partial charge in [-0.2, -0.15) is 22.0 Å². The highest BCUT2D eigenvalue weighted by Gasteiger charge is 2.49. The van der Waals surface area contributed by atoms with Crippen LogP contribution in [0.5, 0.6) is 5.75 Å². The van der Waals surface area contributed by atoms with Gasteiger partial charge < -0.3 is 9.47 Å². The first-order chi connectivity index (χ1) is 16.0. The first-order valence-electron chi connectivity index (χ1n) is 12.6. The van der Waals surface area contributed by atoms with Gasteiger partial charge in [0.05, 0.1) is 12.5 Å². The quantitative estimate of drug-likeness (QED) is 0.281. The number of benzene rings is 1. The summed E-state index contributed by atoms with van der Waals surface area (Å²) in [4.78, 5) is 0. The lowest BCUT2D eigenvalue weighted by molar-refractivity contribution is -0.227. The van der Waals surface area contributed by atoms with Gasteiger partial charge in [0.1, 0.15) is 23.2 Å². The Kier molecular flexibility index (Phi) is 7.47. The molecule has 3 fully saturated rings. The maximum atomic E-state index is 15.1. The minimum Gasteiger partial charge on any atom is -0.431 e.